The highest BCUT2D eigenvalue weighted by molar-refractivity contribution is 6.35. The van der Waals surface area contributed by atoms with Crippen molar-refractivity contribution in [1.29, 1.82) is 0 Å². The van der Waals surface area contributed by atoms with Gasteiger partial charge in [0.1, 0.15) is 11.5 Å². The van der Waals surface area contributed by atoms with Gasteiger partial charge in [0.2, 0.25) is 11.5 Å². The number of nitro benzene ring substituents is 2. The Balaban J connectivity index is 1.33. The summed E-state index contributed by atoms with van der Waals surface area (Å²) in [5, 5.41) is 30.3. The zero-order valence-corrected chi connectivity index (χ0v) is 25.9. The molecule has 0 heterocycles. The molecule has 0 bridgehead atoms. The van der Waals surface area contributed by atoms with E-state index in [-0.39, 0.29) is 33.8 Å². The van der Waals surface area contributed by atoms with Gasteiger partial charge in [0, 0.05) is 23.3 Å². The number of nitrogens with one attached hydrogen (secondary N) is 2. The van der Waals surface area contributed by atoms with E-state index in [1.165, 1.54) is 74.9 Å². The van der Waals surface area contributed by atoms with Crippen molar-refractivity contribution in [2.45, 2.75) is 0 Å². The molecule has 0 unspecified atom stereocenters. The van der Waals surface area contributed by atoms with Crippen LogP contribution in [-0.4, -0.2) is 60.2 Å². The number of methoxy groups -OCH3 is 2. The molecule has 0 saturated heterocycles. The first kappa shape index (κ1) is 35.4. The fourth-order valence-corrected chi connectivity index (χ4v) is 3.89. The van der Waals surface area contributed by atoms with Crippen LogP contribution >= 0.6 is 0 Å². The Labute approximate surface area is 281 Å². The number of rotatable bonds is 12. The molecule has 0 aromatic heterocycles. The minimum Gasteiger partial charge on any atom is -0.497 e. The number of nitrogens with zero attached hydrogens (tertiary/aromatic N) is 4. The molecule has 4 aromatic carbocycles. The summed E-state index contributed by atoms with van der Waals surface area (Å²) < 4.78 is 20.4. The third-order valence-corrected chi connectivity index (χ3v) is 6.38. The van der Waals surface area contributed by atoms with Crippen LogP contribution in [0.3, 0.4) is 0 Å². The van der Waals surface area contributed by atoms with E-state index in [1.54, 1.807) is 0 Å². The Kier molecular flexibility index (Phi) is 11.6. The van der Waals surface area contributed by atoms with Crippen molar-refractivity contribution in [3.63, 3.8) is 0 Å². The van der Waals surface area contributed by atoms with Crippen LogP contribution in [0.1, 0.15) is 31.8 Å². The molecular formula is C32H24N6O12. The summed E-state index contributed by atoms with van der Waals surface area (Å²) in [6.45, 7) is 0. The van der Waals surface area contributed by atoms with Crippen molar-refractivity contribution in [3.05, 3.63) is 127 Å². The first-order valence-electron chi connectivity index (χ1n) is 13.9. The number of amides is 2. The molecule has 254 valence electrons. The van der Waals surface area contributed by atoms with E-state index >= 15 is 0 Å². The molecule has 2 N–H and O–H groups in total. The van der Waals surface area contributed by atoms with E-state index in [4.69, 9.17) is 18.9 Å². The minimum absolute atomic E-state index is 0.111. The Bertz CT molecular complexity index is 1870. The van der Waals surface area contributed by atoms with Crippen molar-refractivity contribution in [1.82, 2.24) is 10.9 Å². The molecule has 18 nitrogen and oxygen atoms in total. The Morgan fingerprint density at radius 3 is 1.28 bits per heavy atom. The summed E-state index contributed by atoms with van der Waals surface area (Å²) >= 11 is 0. The molecule has 0 fully saturated rings. The second-order valence-corrected chi connectivity index (χ2v) is 9.60. The Morgan fingerprint density at radius 1 is 0.600 bits per heavy atom. The first-order chi connectivity index (χ1) is 24.0. The van der Waals surface area contributed by atoms with Crippen LogP contribution < -0.4 is 29.8 Å². The lowest BCUT2D eigenvalue weighted by molar-refractivity contribution is -0.385. The lowest BCUT2D eigenvalue weighted by atomic mass is 10.2. The van der Waals surface area contributed by atoms with Gasteiger partial charge in [0.25, 0.3) is 0 Å². The number of carbonyl (C=O) groups excluding carboxylic acids is 4. The highest BCUT2D eigenvalue weighted by Crippen LogP contribution is 2.30. The number of hydrazone groups is 2. The molecule has 0 radical (unpaired) electrons. The second-order valence-electron chi connectivity index (χ2n) is 9.60. The number of benzene rings is 4. The SMILES string of the molecule is COc1ccc(C(=O)Oc2ccc(/C=N/NC(=O)C(=O)N/N=C/c3ccc(OC(=O)c4ccc(OC)cc4)c([N+](=O)[O-])c3)cc2[N+](=O)[O-])cc1. The second kappa shape index (κ2) is 16.4. The number of esters is 2. The predicted octanol–water partition coefficient (Wildman–Crippen LogP) is 3.56. The van der Waals surface area contributed by atoms with Crippen LogP contribution in [0.25, 0.3) is 0 Å². The molecule has 0 saturated carbocycles. The summed E-state index contributed by atoms with van der Waals surface area (Å²) in [4.78, 5) is 70.7. The summed E-state index contributed by atoms with van der Waals surface area (Å²) in [6.07, 6.45) is 2.00. The van der Waals surface area contributed by atoms with Crippen LogP contribution in [0.5, 0.6) is 23.0 Å². The lowest BCUT2D eigenvalue weighted by Gasteiger charge is -2.07. The van der Waals surface area contributed by atoms with Gasteiger partial charge in [-0.05, 0) is 72.8 Å². The van der Waals surface area contributed by atoms with E-state index in [0.29, 0.717) is 11.5 Å². The molecule has 0 aliphatic heterocycles. The molecule has 0 spiro atoms. The minimum atomic E-state index is -1.27. The average Bonchev–Trinajstić information content (AvgIpc) is 3.12. The molecular weight excluding hydrogens is 660 g/mol. The van der Waals surface area contributed by atoms with Crippen LogP contribution in [0.2, 0.25) is 0 Å². The zero-order valence-electron chi connectivity index (χ0n) is 25.9. The van der Waals surface area contributed by atoms with Crippen LogP contribution in [0.4, 0.5) is 11.4 Å². The molecule has 0 aliphatic carbocycles. The number of hydrogen-bond donors (Lipinski definition) is 2. The topological polar surface area (TPSA) is 240 Å². The van der Waals surface area contributed by atoms with E-state index in [0.717, 1.165) is 36.7 Å². The monoisotopic (exact) mass is 684 g/mol. The third-order valence-electron chi connectivity index (χ3n) is 6.38. The van der Waals surface area contributed by atoms with E-state index in [1.807, 2.05) is 10.9 Å². The fourth-order valence-electron chi connectivity index (χ4n) is 3.89. The predicted molar refractivity (Wildman–Crippen MR) is 174 cm³/mol. The van der Waals surface area contributed by atoms with Gasteiger partial charge in [-0.2, -0.15) is 10.2 Å². The summed E-state index contributed by atoms with van der Waals surface area (Å²) in [6, 6.07) is 18.8. The fraction of sp³-hybridized carbons (Fsp3) is 0.0625. The smallest absolute Gasteiger partial charge is 0.343 e. The van der Waals surface area contributed by atoms with Crippen LogP contribution in [-0.2, 0) is 9.59 Å². The normalized spacial score (nSPS) is 10.7. The number of carbonyl (C=O) groups is 4. The van der Waals surface area contributed by atoms with Gasteiger partial charge >= 0.3 is 35.1 Å². The maximum absolute atomic E-state index is 12.4. The summed E-state index contributed by atoms with van der Waals surface area (Å²) in [7, 11) is 2.90. The van der Waals surface area contributed by atoms with E-state index < -0.39 is 45.0 Å². The highest BCUT2D eigenvalue weighted by atomic mass is 16.6. The van der Waals surface area contributed by atoms with Crippen molar-refractivity contribution < 1.29 is 48.0 Å². The number of nitro groups is 2. The van der Waals surface area contributed by atoms with Crippen molar-refractivity contribution >= 4 is 47.6 Å². The van der Waals surface area contributed by atoms with Gasteiger partial charge < -0.3 is 18.9 Å². The first-order valence-corrected chi connectivity index (χ1v) is 13.9. The van der Waals surface area contributed by atoms with Gasteiger partial charge in [-0.1, -0.05) is 0 Å². The van der Waals surface area contributed by atoms with Gasteiger partial charge in [-0.25, -0.2) is 20.4 Å². The molecule has 2 amide bonds. The molecule has 4 aromatic rings. The van der Waals surface area contributed by atoms with Gasteiger partial charge in [-0.3, -0.25) is 29.8 Å². The molecule has 18 heteroatoms. The number of hydrogen-bond acceptors (Lipinski definition) is 14. The quantitative estimate of drug-likeness (QED) is 0.0544. The maximum atomic E-state index is 12.4. The third kappa shape index (κ3) is 9.28. The van der Waals surface area contributed by atoms with Gasteiger partial charge in [-0.15, -0.1) is 0 Å². The summed E-state index contributed by atoms with van der Waals surface area (Å²) in [5.41, 5.74) is 3.15. The van der Waals surface area contributed by atoms with Crippen LogP contribution in [0, 0.1) is 20.2 Å². The molecule has 4 rings (SSSR count). The Hall–Kier alpha value is -7.50. The van der Waals surface area contributed by atoms with Crippen molar-refractivity contribution in [3.8, 4) is 23.0 Å². The van der Waals surface area contributed by atoms with E-state index in [9.17, 15) is 39.4 Å². The average molecular weight is 685 g/mol. The number of ether oxygens (including phenoxy) is 4. The zero-order chi connectivity index (χ0) is 36.2. The van der Waals surface area contributed by atoms with Gasteiger partial charge in [0.05, 0.1) is 47.6 Å². The van der Waals surface area contributed by atoms with E-state index in [2.05, 4.69) is 10.2 Å². The molecule has 0 aliphatic rings. The van der Waals surface area contributed by atoms with Gasteiger partial charge in [0.15, 0.2) is 0 Å². The standard InChI is InChI=1S/C32H24N6O12/c1-47-23-9-5-21(6-10-23)31(41)49-27-13-3-19(15-25(27)37(43)44)17-33-35-29(39)30(40)36-34-18-20-4-14-28(26(16-20)38(45)46)50-32(42)22-7-11-24(48-2)12-8-22/h3-18H,1-2H3,(H,35,39)(H,36,40)/b33-17+,34-18+. The highest BCUT2D eigenvalue weighted by Gasteiger charge is 2.21. The molecule has 50 heavy (non-hydrogen) atoms. The van der Waals surface area contributed by atoms with Crippen molar-refractivity contribution in [2.24, 2.45) is 10.2 Å². The maximum Gasteiger partial charge on any atom is 0.343 e. The largest absolute Gasteiger partial charge is 0.497 e. The van der Waals surface area contributed by atoms with Crippen LogP contribution in [0.15, 0.2) is 95.1 Å². The summed E-state index contributed by atoms with van der Waals surface area (Å²) in [5.74, 6) is -3.94. The molecule has 0 atom stereocenters. The van der Waals surface area contributed by atoms with Crippen molar-refractivity contribution in [2.75, 3.05) is 14.2 Å². The Morgan fingerprint density at radius 2 is 0.960 bits per heavy atom. The lowest BCUT2D eigenvalue weighted by Crippen LogP contribution is -2.35.